The molecule has 0 unspecified atom stereocenters. The maximum absolute atomic E-state index is 13.5. The van der Waals surface area contributed by atoms with E-state index >= 15 is 0 Å². The Kier molecular flexibility index (Phi) is 6.14. The van der Waals surface area contributed by atoms with Gasteiger partial charge in [0.1, 0.15) is 5.52 Å². The van der Waals surface area contributed by atoms with Crippen LogP contribution in [0, 0.1) is 6.92 Å². The van der Waals surface area contributed by atoms with E-state index in [1.165, 1.54) is 12.1 Å². The molecule has 0 aliphatic carbocycles. The molecule has 1 aliphatic heterocycles. The van der Waals surface area contributed by atoms with Gasteiger partial charge in [0, 0.05) is 24.7 Å². The fourth-order valence-corrected chi connectivity index (χ4v) is 4.05. The summed E-state index contributed by atoms with van der Waals surface area (Å²) in [5.41, 5.74) is 1.68. The Bertz CT molecular complexity index is 1190. The Labute approximate surface area is 186 Å². The van der Waals surface area contributed by atoms with E-state index in [9.17, 15) is 17.6 Å². The van der Waals surface area contributed by atoms with E-state index in [-0.39, 0.29) is 21.6 Å². The lowest BCUT2D eigenvalue weighted by molar-refractivity contribution is -0.0735. The SMILES string of the molecule is CCOc1ccc(N2CCCn3c2nc2c(Cl)ccc(C(OC(F)F)=C(F)F)c23)c(C)n1. The van der Waals surface area contributed by atoms with Crippen LogP contribution in [0.3, 0.4) is 0 Å². The van der Waals surface area contributed by atoms with Crippen LogP contribution in [0.15, 0.2) is 30.3 Å². The largest absolute Gasteiger partial charge is 0.478 e. The highest BCUT2D eigenvalue weighted by molar-refractivity contribution is 6.35. The quantitative estimate of drug-likeness (QED) is 0.320. The summed E-state index contributed by atoms with van der Waals surface area (Å²) in [6.45, 7) is 1.80. The number of anilines is 2. The number of aryl methyl sites for hydroxylation is 2. The lowest BCUT2D eigenvalue weighted by Gasteiger charge is -2.30. The monoisotopic (exact) mass is 470 g/mol. The van der Waals surface area contributed by atoms with Gasteiger partial charge in [0.2, 0.25) is 17.6 Å². The van der Waals surface area contributed by atoms with Gasteiger partial charge in [-0.2, -0.15) is 17.6 Å². The number of hydrogen-bond acceptors (Lipinski definition) is 5. The van der Waals surface area contributed by atoms with Gasteiger partial charge in [-0.25, -0.2) is 9.97 Å². The molecule has 0 radical (unpaired) electrons. The van der Waals surface area contributed by atoms with E-state index in [1.54, 1.807) is 10.6 Å². The Balaban J connectivity index is 1.89. The molecule has 0 saturated heterocycles. The summed E-state index contributed by atoms with van der Waals surface area (Å²) >= 11 is 6.30. The van der Waals surface area contributed by atoms with Gasteiger partial charge >= 0.3 is 12.7 Å². The van der Waals surface area contributed by atoms with Crippen molar-refractivity contribution in [2.45, 2.75) is 33.4 Å². The van der Waals surface area contributed by atoms with E-state index in [2.05, 4.69) is 14.7 Å². The molecule has 32 heavy (non-hydrogen) atoms. The highest BCUT2D eigenvalue weighted by Gasteiger charge is 2.29. The smallest absolute Gasteiger partial charge is 0.387 e. The first kappa shape index (κ1) is 22.2. The number of aromatic nitrogens is 3. The lowest BCUT2D eigenvalue weighted by atomic mass is 10.1. The first-order chi connectivity index (χ1) is 15.3. The average Bonchev–Trinajstić information content (AvgIpc) is 3.14. The van der Waals surface area contributed by atoms with Crippen molar-refractivity contribution in [1.29, 1.82) is 0 Å². The molecule has 0 atom stereocenters. The van der Waals surface area contributed by atoms with Gasteiger partial charge in [-0.15, -0.1) is 0 Å². The molecule has 3 heterocycles. The van der Waals surface area contributed by atoms with E-state index in [0.717, 1.165) is 5.69 Å². The normalized spacial score (nSPS) is 13.4. The number of halogens is 5. The highest BCUT2D eigenvalue weighted by atomic mass is 35.5. The minimum Gasteiger partial charge on any atom is -0.478 e. The number of rotatable bonds is 6. The van der Waals surface area contributed by atoms with E-state index in [0.29, 0.717) is 43.6 Å². The molecule has 0 N–H and O–H groups in total. The number of ether oxygens (including phenoxy) is 2. The standard InChI is InChI=1S/C21H19ClF4N4O2/c1-3-31-15-8-7-14(11(2)27-15)29-9-4-10-30-17-12(18(19(23)24)32-20(25)26)5-6-13(22)16(17)28-21(29)30/h5-8,20H,3-4,9-10H2,1-2H3. The zero-order valence-electron chi connectivity index (χ0n) is 17.2. The fourth-order valence-electron chi connectivity index (χ4n) is 3.85. The molecule has 1 aromatic carbocycles. The van der Waals surface area contributed by atoms with Gasteiger partial charge in [0.15, 0.2) is 0 Å². The van der Waals surface area contributed by atoms with Crippen LogP contribution in [-0.2, 0) is 11.3 Å². The molecule has 0 fully saturated rings. The highest BCUT2D eigenvalue weighted by Crippen LogP contribution is 2.40. The number of imidazole rings is 1. The Morgan fingerprint density at radius 2 is 1.94 bits per heavy atom. The van der Waals surface area contributed by atoms with Crippen molar-refractivity contribution in [1.82, 2.24) is 14.5 Å². The average molecular weight is 471 g/mol. The first-order valence-corrected chi connectivity index (χ1v) is 10.3. The zero-order valence-corrected chi connectivity index (χ0v) is 18.0. The Hall–Kier alpha value is -3.01. The minimum atomic E-state index is -3.41. The predicted molar refractivity (Wildman–Crippen MR) is 113 cm³/mol. The van der Waals surface area contributed by atoms with Crippen molar-refractivity contribution >= 4 is 40.0 Å². The predicted octanol–water partition coefficient (Wildman–Crippen LogP) is 6.14. The molecule has 0 bridgehead atoms. The fraction of sp³-hybridized carbons (Fsp3) is 0.333. The molecular formula is C21H19ClF4N4O2. The van der Waals surface area contributed by atoms with Crippen molar-refractivity contribution in [3.8, 4) is 5.88 Å². The van der Waals surface area contributed by atoms with Crippen LogP contribution in [0.1, 0.15) is 24.6 Å². The van der Waals surface area contributed by atoms with E-state index in [4.69, 9.17) is 16.3 Å². The van der Waals surface area contributed by atoms with Gasteiger partial charge in [-0.05, 0) is 38.5 Å². The van der Waals surface area contributed by atoms with Crippen LogP contribution >= 0.6 is 11.6 Å². The number of hydrogen-bond donors (Lipinski definition) is 0. The van der Waals surface area contributed by atoms with Crippen LogP contribution in [0.5, 0.6) is 5.88 Å². The third kappa shape index (κ3) is 3.94. The molecule has 1 aliphatic rings. The molecule has 3 aromatic rings. The second-order valence-corrected chi connectivity index (χ2v) is 7.42. The topological polar surface area (TPSA) is 52.4 Å². The van der Waals surface area contributed by atoms with E-state index in [1.807, 2.05) is 24.8 Å². The van der Waals surface area contributed by atoms with Crippen molar-refractivity contribution < 1.29 is 27.0 Å². The second kappa shape index (κ2) is 8.85. The van der Waals surface area contributed by atoms with Crippen molar-refractivity contribution in [2.75, 3.05) is 18.1 Å². The summed E-state index contributed by atoms with van der Waals surface area (Å²) in [4.78, 5) is 10.9. The van der Waals surface area contributed by atoms with Gasteiger partial charge in [0.05, 0.1) is 28.5 Å². The molecule has 0 amide bonds. The number of pyridine rings is 1. The maximum Gasteiger partial charge on any atom is 0.387 e. The molecular weight excluding hydrogens is 452 g/mol. The number of nitrogens with zero attached hydrogens (tertiary/aromatic N) is 4. The third-order valence-electron chi connectivity index (χ3n) is 5.07. The summed E-state index contributed by atoms with van der Waals surface area (Å²) in [5.74, 6) is -0.257. The molecule has 170 valence electrons. The maximum atomic E-state index is 13.5. The van der Waals surface area contributed by atoms with Gasteiger partial charge in [0.25, 0.3) is 0 Å². The number of fused-ring (bicyclic) bond motifs is 3. The number of alkyl halides is 2. The van der Waals surface area contributed by atoms with Crippen LogP contribution in [0.4, 0.5) is 29.2 Å². The second-order valence-electron chi connectivity index (χ2n) is 7.02. The molecule has 0 spiro atoms. The van der Waals surface area contributed by atoms with Gasteiger partial charge < -0.3 is 18.9 Å². The van der Waals surface area contributed by atoms with Crippen molar-refractivity contribution in [3.63, 3.8) is 0 Å². The van der Waals surface area contributed by atoms with Crippen molar-refractivity contribution in [2.24, 2.45) is 0 Å². The summed E-state index contributed by atoms with van der Waals surface area (Å²) < 4.78 is 64.0. The summed E-state index contributed by atoms with van der Waals surface area (Å²) in [6, 6.07) is 6.15. The molecule has 2 aromatic heterocycles. The molecule has 4 rings (SSSR count). The van der Waals surface area contributed by atoms with Gasteiger partial charge in [-0.1, -0.05) is 11.6 Å². The summed E-state index contributed by atoms with van der Waals surface area (Å²) in [5, 5.41) is 0.211. The van der Waals surface area contributed by atoms with E-state index < -0.39 is 18.5 Å². The third-order valence-corrected chi connectivity index (χ3v) is 5.37. The number of benzene rings is 1. The Morgan fingerprint density at radius 1 is 1.16 bits per heavy atom. The Morgan fingerprint density at radius 3 is 2.59 bits per heavy atom. The van der Waals surface area contributed by atoms with Gasteiger partial charge in [-0.3, -0.25) is 0 Å². The van der Waals surface area contributed by atoms with Crippen LogP contribution in [0.2, 0.25) is 5.02 Å². The van der Waals surface area contributed by atoms with Crippen molar-refractivity contribution in [3.05, 3.63) is 46.6 Å². The minimum absolute atomic E-state index is 0.202. The summed E-state index contributed by atoms with van der Waals surface area (Å²) in [6.07, 6.45) is -1.70. The molecule has 6 nitrogen and oxygen atoms in total. The lowest BCUT2D eigenvalue weighted by Crippen LogP contribution is -2.29. The van der Waals surface area contributed by atoms with Crippen LogP contribution in [-0.4, -0.2) is 34.3 Å². The van der Waals surface area contributed by atoms with Crippen LogP contribution in [0.25, 0.3) is 16.8 Å². The molecule has 11 heteroatoms. The first-order valence-electron chi connectivity index (χ1n) is 9.89. The molecule has 0 saturated carbocycles. The zero-order chi connectivity index (χ0) is 23.0. The summed E-state index contributed by atoms with van der Waals surface area (Å²) in [7, 11) is 0. The van der Waals surface area contributed by atoms with Crippen LogP contribution < -0.4 is 9.64 Å².